The Kier molecular flexibility index (Phi) is 3.92. The topological polar surface area (TPSA) is 0 Å². The summed E-state index contributed by atoms with van der Waals surface area (Å²) in [4.78, 5) is 0. The molecule has 0 spiro atoms. The summed E-state index contributed by atoms with van der Waals surface area (Å²) < 4.78 is 0. The maximum Gasteiger partial charge on any atom is -0.0411 e. The van der Waals surface area contributed by atoms with Crippen LogP contribution < -0.4 is 0 Å². The molecule has 0 fully saturated rings. The molecule has 6 heavy (non-hydrogen) atoms. The van der Waals surface area contributed by atoms with Crippen molar-refractivity contribution in [3.05, 3.63) is 0 Å². The summed E-state index contributed by atoms with van der Waals surface area (Å²) in [6.07, 6.45) is 0. The Hall–Kier alpha value is 0.290. The summed E-state index contributed by atoms with van der Waals surface area (Å²) in [6, 6.07) is 0. The summed E-state index contributed by atoms with van der Waals surface area (Å²) in [5.41, 5.74) is 0.500. The molecular formula is C5H13Cl. The minimum atomic E-state index is 0. The number of hydrogen-bond donors (Lipinski definition) is 0. The van der Waals surface area contributed by atoms with E-state index >= 15 is 0 Å². The zero-order chi connectivity index (χ0) is 4.50. The van der Waals surface area contributed by atoms with Crippen molar-refractivity contribution in [2.75, 3.05) is 0 Å². The number of hydrogen-bond acceptors (Lipinski definition) is 0. The van der Waals surface area contributed by atoms with Crippen molar-refractivity contribution in [1.29, 1.82) is 0 Å². The van der Waals surface area contributed by atoms with Crippen LogP contribution in [-0.4, -0.2) is 0 Å². The minimum Gasteiger partial charge on any atom is -0.147 e. The van der Waals surface area contributed by atoms with Crippen molar-refractivity contribution in [2.45, 2.75) is 27.7 Å². The molecule has 0 radical (unpaired) electrons. The summed E-state index contributed by atoms with van der Waals surface area (Å²) >= 11 is 0. The van der Waals surface area contributed by atoms with E-state index in [-0.39, 0.29) is 12.4 Å². The van der Waals surface area contributed by atoms with Crippen LogP contribution in [0.3, 0.4) is 0 Å². The highest BCUT2D eigenvalue weighted by atomic mass is 35.5. The smallest absolute Gasteiger partial charge is 0.0411 e. The fourth-order valence-corrected chi connectivity index (χ4v) is 0. The Morgan fingerprint density at radius 1 is 0.833 bits per heavy atom. The van der Waals surface area contributed by atoms with Crippen LogP contribution in [0.15, 0.2) is 0 Å². The van der Waals surface area contributed by atoms with Crippen LogP contribution in [-0.2, 0) is 0 Å². The predicted molar refractivity (Wildman–Crippen MR) is 32.4 cm³/mol. The van der Waals surface area contributed by atoms with E-state index in [2.05, 4.69) is 27.7 Å². The first-order valence-corrected chi connectivity index (χ1v) is 2.00. The van der Waals surface area contributed by atoms with Crippen LogP contribution in [0.4, 0.5) is 0 Å². The molecule has 0 rings (SSSR count). The third-order valence-corrected chi connectivity index (χ3v) is 0. The van der Waals surface area contributed by atoms with Gasteiger partial charge in [0.1, 0.15) is 0 Å². The largest absolute Gasteiger partial charge is 0.147 e. The number of rotatable bonds is 0. The fraction of sp³-hybridized carbons (Fsp3) is 1.00. The van der Waals surface area contributed by atoms with Gasteiger partial charge in [-0.05, 0) is 5.41 Å². The van der Waals surface area contributed by atoms with E-state index in [1.165, 1.54) is 0 Å². The van der Waals surface area contributed by atoms with Crippen molar-refractivity contribution in [2.24, 2.45) is 5.41 Å². The maximum atomic E-state index is 2.19. The van der Waals surface area contributed by atoms with Crippen LogP contribution in [0.25, 0.3) is 0 Å². The van der Waals surface area contributed by atoms with Crippen LogP contribution in [0, 0.1) is 5.41 Å². The Bertz CT molecular complexity index is 19.4. The Balaban J connectivity index is 0. The van der Waals surface area contributed by atoms with E-state index in [4.69, 9.17) is 0 Å². The quantitative estimate of drug-likeness (QED) is 0.447. The summed E-state index contributed by atoms with van der Waals surface area (Å²) in [6.45, 7) is 8.75. The van der Waals surface area contributed by atoms with E-state index in [0.717, 1.165) is 0 Å². The molecule has 0 aromatic carbocycles. The molecule has 0 saturated carbocycles. The Labute approximate surface area is 46.4 Å². The first-order chi connectivity index (χ1) is 2.00. The zero-order valence-electron chi connectivity index (χ0n) is 4.91. The maximum absolute atomic E-state index is 2.19. The second kappa shape index (κ2) is 2.46. The van der Waals surface area contributed by atoms with Crippen molar-refractivity contribution in [3.63, 3.8) is 0 Å². The summed E-state index contributed by atoms with van der Waals surface area (Å²) in [5, 5.41) is 0. The van der Waals surface area contributed by atoms with Crippen LogP contribution in [0.1, 0.15) is 27.7 Å². The molecule has 0 saturated heterocycles. The molecule has 0 heterocycles. The predicted octanol–water partition coefficient (Wildman–Crippen LogP) is 2.47. The monoisotopic (exact) mass is 108 g/mol. The van der Waals surface area contributed by atoms with Gasteiger partial charge in [0, 0.05) is 0 Å². The van der Waals surface area contributed by atoms with Gasteiger partial charge in [-0.2, -0.15) is 0 Å². The lowest BCUT2D eigenvalue weighted by Crippen LogP contribution is -1.93. The summed E-state index contributed by atoms with van der Waals surface area (Å²) in [7, 11) is 0. The van der Waals surface area contributed by atoms with Crippen LogP contribution in [0.5, 0.6) is 0 Å². The minimum absolute atomic E-state index is 0. The van der Waals surface area contributed by atoms with Crippen LogP contribution in [0.2, 0.25) is 0 Å². The molecule has 0 nitrogen and oxygen atoms in total. The second-order valence-electron chi connectivity index (χ2n) is 3.00. The van der Waals surface area contributed by atoms with Gasteiger partial charge in [-0.25, -0.2) is 0 Å². The molecule has 0 amide bonds. The molecule has 0 aliphatic heterocycles. The SMILES string of the molecule is CC(C)(C)C.Cl. The van der Waals surface area contributed by atoms with E-state index in [1.807, 2.05) is 0 Å². The highest BCUT2D eigenvalue weighted by molar-refractivity contribution is 5.85. The highest BCUT2D eigenvalue weighted by Crippen LogP contribution is 2.07. The highest BCUT2D eigenvalue weighted by Gasteiger charge is 1.95. The van der Waals surface area contributed by atoms with Gasteiger partial charge in [0.25, 0.3) is 0 Å². The molecule has 0 aliphatic carbocycles. The molecule has 1 heteroatoms. The van der Waals surface area contributed by atoms with Crippen molar-refractivity contribution in [1.82, 2.24) is 0 Å². The van der Waals surface area contributed by atoms with Gasteiger partial charge in [-0.15, -0.1) is 12.4 Å². The fourth-order valence-electron chi connectivity index (χ4n) is 0. The first kappa shape index (κ1) is 9.56. The zero-order valence-corrected chi connectivity index (χ0v) is 5.72. The third kappa shape index (κ3) is 552. The standard InChI is InChI=1S/C5H12.ClH/c1-5(2,3)4;/h1-4H3;1H. The van der Waals surface area contributed by atoms with Gasteiger partial charge in [0.15, 0.2) is 0 Å². The summed E-state index contributed by atoms with van der Waals surface area (Å²) in [5.74, 6) is 0. The van der Waals surface area contributed by atoms with Gasteiger partial charge < -0.3 is 0 Å². The van der Waals surface area contributed by atoms with Crippen molar-refractivity contribution < 1.29 is 0 Å². The Morgan fingerprint density at radius 2 is 0.833 bits per heavy atom. The third-order valence-electron chi connectivity index (χ3n) is 0. The van der Waals surface area contributed by atoms with E-state index < -0.39 is 0 Å². The van der Waals surface area contributed by atoms with Gasteiger partial charge in [0.05, 0.1) is 0 Å². The van der Waals surface area contributed by atoms with E-state index in [1.54, 1.807) is 0 Å². The van der Waals surface area contributed by atoms with Crippen molar-refractivity contribution >= 4 is 12.4 Å². The molecule has 0 aromatic heterocycles. The normalized spacial score (nSPS) is 10.0. The molecule has 0 N–H and O–H groups in total. The lowest BCUT2D eigenvalue weighted by molar-refractivity contribution is 0.469. The molecule has 0 aromatic rings. The molecule has 40 valence electrons. The molecule has 0 atom stereocenters. The van der Waals surface area contributed by atoms with Gasteiger partial charge in [0.2, 0.25) is 0 Å². The first-order valence-electron chi connectivity index (χ1n) is 2.00. The lowest BCUT2D eigenvalue weighted by atomic mass is 10.0. The van der Waals surface area contributed by atoms with Crippen molar-refractivity contribution in [3.8, 4) is 0 Å². The van der Waals surface area contributed by atoms with Gasteiger partial charge in [-0.1, -0.05) is 27.7 Å². The average molecular weight is 109 g/mol. The molecular weight excluding hydrogens is 95.5 g/mol. The molecule has 0 bridgehead atoms. The van der Waals surface area contributed by atoms with Crippen LogP contribution >= 0.6 is 12.4 Å². The number of halogens is 1. The van der Waals surface area contributed by atoms with E-state index in [0.29, 0.717) is 5.41 Å². The second-order valence-corrected chi connectivity index (χ2v) is 3.00. The Morgan fingerprint density at radius 3 is 0.833 bits per heavy atom. The molecule has 0 aliphatic rings. The van der Waals surface area contributed by atoms with E-state index in [9.17, 15) is 0 Å². The lowest BCUT2D eigenvalue weighted by Gasteiger charge is -2.05. The molecule has 0 unspecified atom stereocenters. The van der Waals surface area contributed by atoms with Gasteiger partial charge >= 0.3 is 0 Å². The van der Waals surface area contributed by atoms with Gasteiger partial charge in [-0.3, -0.25) is 0 Å². The average Bonchev–Trinajstić information content (AvgIpc) is 0.722.